The van der Waals surface area contributed by atoms with Gasteiger partial charge in [-0.2, -0.15) is 0 Å². The smallest absolute Gasteiger partial charge is 0.325 e. The second kappa shape index (κ2) is 7.22. The van der Waals surface area contributed by atoms with Crippen molar-refractivity contribution in [2.24, 2.45) is 5.73 Å². The second-order valence-corrected chi connectivity index (χ2v) is 5.53. The molecule has 1 fully saturated rings. The van der Waals surface area contributed by atoms with Crippen LogP contribution in [0, 0.1) is 0 Å². The van der Waals surface area contributed by atoms with E-state index in [1.165, 1.54) is 7.11 Å². The van der Waals surface area contributed by atoms with Gasteiger partial charge in [0, 0.05) is 25.7 Å². The van der Waals surface area contributed by atoms with E-state index in [0.717, 1.165) is 19.4 Å². The first-order valence-corrected chi connectivity index (χ1v) is 7.10. The van der Waals surface area contributed by atoms with Crippen molar-refractivity contribution in [2.75, 3.05) is 27.4 Å². The summed E-state index contributed by atoms with van der Waals surface area (Å²) in [7, 11) is 3.12. The lowest BCUT2D eigenvalue weighted by Gasteiger charge is -2.34. The number of methoxy groups -OCH3 is 2. The first-order chi connectivity index (χ1) is 8.98. The van der Waals surface area contributed by atoms with E-state index in [1.54, 1.807) is 7.11 Å². The Morgan fingerprint density at radius 3 is 2.74 bits per heavy atom. The third-order valence-corrected chi connectivity index (χ3v) is 4.30. The Morgan fingerprint density at radius 2 is 2.21 bits per heavy atom. The van der Waals surface area contributed by atoms with Gasteiger partial charge in [0.05, 0.1) is 13.7 Å². The van der Waals surface area contributed by atoms with Gasteiger partial charge >= 0.3 is 5.97 Å². The highest BCUT2D eigenvalue weighted by atomic mass is 16.5. The number of hydrogen-bond acceptors (Lipinski definition) is 5. The molecule has 1 aliphatic carbocycles. The van der Waals surface area contributed by atoms with Crippen LogP contribution in [-0.2, 0) is 14.3 Å². The van der Waals surface area contributed by atoms with Crippen LogP contribution in [0.25, 0.3) is 0 Å². The molecule has 2 N–H and O–H groups in total. The summed E-state index contributed by atoms with van der Waals surface area (Å²) in [4.78, 5) is 14.2. The Morgan fingerprint density at radius 1 is 1.53 bits per heavy atom. The average molecular weight is 272 g/mol. The molecule has 0 amide bonds. The molecule has 1 aliphatic rings. The quantitative estimate of drug-likeness (QED) is 0.704. The van der Waals surface area contributed by atoms with Gasteiger partial charge in [0.2, 0.25) is 0 Å². The Hall–Kier alpha value is -0.650. The molecular weight excluding hydrogens is 244 g/mol. The zero-order chi connectivity index (χ0) is 14.5. The molecule has 0 radical (unpaired) electrons. The van der Waals surface area contributed by atoms with Crippen molar-refractivity contribution in [2.45, 2.75) is 57.2 Å². The third-order valence-electron chi connectivity index (χ3n) is 4.30. The highest BCUT2D eigenvalue weighted by molar-refractivity contribution is 5.81. The normalized spacial score (nSPS) is 28.6. The van der Waals surface area contributed by atoms with Gasteiger partial charge in [0.1, 0.15) is 5.54 Å². The molecule has 19 heavy (non-hydrogen) atoms. The van der Waals surface area contributed by atoms with Crippen molar-refractivity contribution in [1.82, 2.24) is 4.90 Å². The maximum absolute atomic E-state index is 11.8. The van der Waals surface area contributed by atoms with Crippen LogP contribution in [0.15, 0.2) is 0 Å². The topological polar surface area (TPSA) is 64.8 Å². The first kappa shape index (κ1) is 16.4. The van der Waals surface area contributed by atoms with Crippen LogP contribution in [0.4, 0.5) is 0 Å². The number of esters is 1. The van der Waals surface area contributed by atoms with Gasteiger partial charge in [-0.3, -0.25) is 9.69 Å². The predicted molar refractivity (Wildman–Crippen MR) is 74.9 cm³/mol. The number of rotatable bonds is 7. The Balaban J connectivity index is 2.69. The average Bonchev–Trinajstić information content (AvgIpc) is 2.81. The van der Waals surface area contributed by atoms with E-state index in [4.69, 9.17) is 15.2 Å². The van der Waals surface area contributed by atoms with Gasteiger partial charge in [0.25, 0.3) is 0 Å². The van der Waals surface area contributed by atoms with Gasteiger partial charge in [-0.1, -0.05) is 6.92 Å². The molecule has 5 heteroatoms. The van der Waals surface area contributed by atoms with Gasteiger partial charge in [-0.15, -0.1) is 0 Å². The number of nitrogens with two attached hydrogens (primary N) is 1. The van der Waals surface area contributed by atoms with Gasteiger partial charge in [-0.25, -0.2) is 0 Å². The van der Waals surface area contributed by atoms with Crippen molar-refractivity contribution < 1.29 is 14.3 Å². The molecule has 5 nitrogen and oxygen atoms in total. The van der Waals surface area contributed by atoms with Crippen LogP contribution in [0.5, 0.6) is 0 Å². The van der Waals surface area contributed by atoms with E-state index in [0.29, 0.717) is 31.5 Å². The summed E-state index contributed by atoms with van der Waals surface area (Å²) in [5.41, 5.74) is 5.37. The van der Waals surface area contributed by atoms with Gasteiger partial charge in [0.15, 0.2) is 0 Å². The Kier molecular flexibility index (Phi) is 6.23. The van der Waals surface area contributed by atoms with E-state index >= 15 is 0 Å². The minimum atomic E-state index is -0.807. The molecule has 3 atom stereocenters. The molecule has 112 valence electrons. The van der Waals surface area contributed by atoms with Crippen LogP contribution in [0.1, 0.15) is 39.5 Å². The van der Waals surface area contributed by atoms with Crippen LogP contribution < -0.4 is 5.73 Å². The minimum absolute atomic E-state index is 0.286. The molecule has 3 unspecified atom stereocenters. The van der Waals surface area contributed by atoms with Crippen LogP contribution in [0.3, 0.4) is 0 Å². The fourth-order valence-electron chi connectivity index (χ4n) is 2.91. The molecule has 1 rings (SSSR count). The van der Waals surface area contributed by atoms with E-state index in [2.05, 4.69) is 18.7 Å². The molecule has 0 bridgehead atoms. The molecular formula is C14H28N2O3. The zero-order valence-corrected chi connectivity index (χ0v) is 12.6. The molecule has 0 aromatic carbocycles. The minimum Gasteiger partial charge on any atom is -0.468 e. The number of hydrogen-bond donors (Lipinski definition) is 1. The van der Waals surface area contributed by atoms with Crippen LogP contribution >= 0.6 is 0 Å². The number of nitrogens with zero attached hydrogens (tertiary/aromatic N) is 1. The maximum Gasteiger partial charge on any atom is 0.325 e. The largest absolute Gasteiger partial charge is 0.468 e. The summed E-state index contributed by atoms with van der Waals surface area (Å²) in [5.74, 6) is -0.286. The summed E-state index contributed by atoms with van der Waals surface area (Å²) in [6, 6.07) is 0.814. The fraction of sp³-hybridized carbons (Fsp3) is 0.929. The lowest BCUT2D eigenvalue weighted by atomic mass is 9.98. The summed E-state index contributed by atoms with van der Waals surface area (Å²) in [6.07, 6.45) is 3.40. The predicted octanol–water partition coefficient (Wildman–Crippen LogP) is 1.16. The summed E-state index contributed by atoms with van der Waals surface area (Å²) in [6.45, 7) is 5.98. The van der Waals surface area contributed by atoms with Crippen LogP contribution in [0.2, 0.25) is 0 Å². The van der Waals surface area contributed by atoms with E-state index in [1.807, 2.05) is 0 Å². The molecule has 0 heterocycles. The van der Waals surface area contributed by atoms with Crippen LogP contribution in [-0.4, -0.2) is 55.9 Å². The molecule has 0 spiro atoms. The third kappa shape index (κ3) is 3.91. The van der Waals surface area contributed by atoms with Crippen molar-refractivity contribution in [1.29, 1.82) is 0 Å². The maximum atomic E-state index is 11.8. The van der Waals surface area contributed by atoms with E-state index in [9.17, 15) is 4.79 Å². The summed E-state index contributed by atoms with van der Waals surface area (Å²) < 4.78 is 10.0. The number of ether oxygens (including phenoxy) is 2. The second-order valence-electron chi connectivity index (χ2n) is 5.53. The fourth-order valence-corrected chi connectivity index (χ4v) is 2.91. The lowest BCUT2D eigenvalue weighted by molar-refractivity contribution is -0.147. The van der Waals surface area contributed by atoms with Gasteiger partial charge < -0.3 is 15.2 Å². The summed E-state index contributed by atoms with van der Waals surface area (Å²) in [5, 5.41) is 0. The van der Waals surface area contributed by atoms with Gasteiger partial charge in [-0.05, 0) is 32.6 Å². The van der Waals surface area contributed by atoms with E-state index in [-0.39, 0.29) is 5.97 Å². The van der Waals surface area contributed by atoms with Crippen molar-refractivity contribution in [3.05, 3.63) is 0 Å². The van der Waals surface area contributed by atoms with Crippen molar-refractivity contribution in [3.8, 4) is 0 Å². The molecule has 0 saturated heterocycles. The summed E-state index contributed by atoms with van der Waals surface area (Å²) >= 11 is 0. The molecule has 0 aromatic heterocycles. The van der Waals surface area contributed by atoms with Crippen molar-refractivity contribution in [3.63, 3.8) is 0 Å². The first-order valence-electron chi connectivity index (χ1n) is 7.10. The molecule has 0 aliphatic heterocycles. The SMILES string of the molecule is CCC(C)N(CCOC)C1CCC(N)(C(=O)OC)C1. The number of carbonyl (C=O) groups is 1. The number of carbonyl (C=O) groups excluding carboxylic acids is 1. The highest BCUT2D eigenvalue weighted by Gasteiger charge is 2.45. The standard InChI is InChI=1S/C14H28N2O3/c1-5-11(2)16(8-9-18-3)12-6-7-14(15,10-12)13(17)19-4/h11-12H,5-10,15H2,1-4H3. The van der Waals surface area contributed by atoms with E-state index < -0.39 is 5.54 Å². The highest BCUT2D eigenvalue weighted by Crippen LogP contribution is 2.33. The lowest BCUT2D eigenvalue weighted by Crippen LogP contribution is -2.49. The van der Waals surface area contributed by atoms with Crippen molar-refractivity contribution >= 4 is 5.97 Å². The Bertz CT molecular complexity index is 298. The Labute approximate surface area is 116 Å². The zero-order valence-electron chi connectivity index (χ0n) is 12.6. The molecule has 1 saturated carbocycles. The molecule has 0 aromatic rings. The monoisotopic (exact) mass is 272 g/mol.